The highest BCUT2D eigenvalue weighted by Crippen LogP contribution is 2.24. The van der Waals surface area contributed by atoms with E-state index in [0.29, 0.717) is 5.56 Å². The number of hydroxylamine groups is 2. The molecule has 0 aliphatic heterocycles. The van der Waals surface area contributed by atoms with Crippen LogP contribution in [-0.4, -0.2) is 30.1 Å². The molecule has 0 unspecified atom stereocenters. The van der Waals surface area contributed by atoms with E-state index in [0.717, 1.165) is 5.69 Å². The molecule has 0 fully saturated rings. The lowest BCUT2D eigenvalue weighted by molar-refractivity contribution is -0.0758. The molecule has 0 aliphatic rings. The highest BCUT2D eigenvalue weighted by molar-refractivity contribution is 5.94. The summed E-state index contributed by atoms with van der Waals surface area (Å²) in [5.41, 5.74) is 1.20. The van der Waals surface area contributed by atoms with Gasteiger partial charge in [-0.3, -0.25) is 14.6 Å². The first-order valence-electron chi connectivity index (χ1n) is 5.15. The van der Waals surface area contributed by atoms with Crippen LogP contribution in [0.3, 0.4) is 0 Å². The Kier molecular flexibility index (Phi) is 3.65. The van der Waals surface area contributed by atoms with Crippen molar-refractivity contribution in [2.45, 2.75) is 26.2 Å². The maximum atomic E-state index is 12.0. The van der Waals surface area contributed by atoms with Gasteiger partial charge in [-0.1, -0.05) is 20.8 Å². The largest absolute Gasteiger partial charge is 0.279 e. The predicted octanol–water partition coefficient (Wildman–Crippen LogP) is 2.01. The lowest BCUT2D eigenvalue weighted by Gasteiger charge is -2.22. The summed E-state index contributed by atoms with van der Waals surface area (Å²) in [7, 11) is 3.05. The van der Waals surface area contributed by atoms with Crippen LogP contribution < -0.4 is 0 Å². The van der Waals surface area contributed by atoms with Gasteiger partial charge < -0.3 is 0 Å². The van der Waals surface area contributed by atoms with E-state index < -0.39 is 0 Å². The minimum Gasteiger partial charge on any atom is -0.274 e. The lowest BCUT2D eigenvalue weighted by Crippen LogP contribution is -2.29. The summed E-state index contributed by atoms with van der Waals surface area (Å²) >= 11 is 0. The standard InChI is InChI=1S/C12H18N2O2/c1-12(2,3)10-9(7-6-8-13-10)11(15)14(4)16-5/h6-8H,1-5H3. The van der Waals surface area contributed by atoms with Crippen LogP contribution in [-0.2, 0) is 10.3 Å². The number of carbonyl (C=O) groups excluding carboxylic acids is 1. The van der Waals surface area contributed by atoms with Crippen molar-refractivity contribution >= 4 is 5.91 Å². The number of rotatable bonds is 2. The first kappa shape index (κ1) is 12.6. The number of amides is 1. The summed E-state index contributed by atoms with van der Waals surface area (Å²) in [6.45, 7) is 6.08. The molecule has 16 heavy (non-hydrogen) atoms. The molecule has 0 N–H and O–H groups in total. The molecule has 0 aliphatic carbocycles. The van der Waals surface area contributed by atoms with Crippen LogP contribution in [0.1, 0.15) is 36.8 Å². The monoisotopic (exact) mass is 222 g/mol. The van der Waals surface area contributed by atoms with Gasteiger partial charge in [0.05, 0.1) is 18.4 Å². The number of carbonyl (C=O) groups is 1. The fraction of sp³-hybridized carbons (Fsp3) is 0.500. The topological polar surface area (TPSA) is 42.4 Å². The zero-order valence-electron chi connectivity index (χ0n) is 10.4. The summed E-state index contributed by atoms with van der Waals surface area (Å²) in [6.07, 6.45) is 1.70. The molecule has 0 spiro atoms. The number of hydrogen-bond acceptors (Lipinski definition) is 3. The molecule has 88 valence electrons. The van der Waals surface area contributed by atoms with E-state index >= 15 is 0 Å². The smallest absolute Gasteiger partial charge is 0.274 e. The SMILES string of the molecule is CON(C)C(=O)c1cccnc1C(C)(C)C. The van der Waals surface area contributed by atoms with Crippen molar-refractivity contribution in [2.75, 3.05) is 14.2 Å². The van der Waals surface area contributed by atoms with E-state index in [4.69, 9.17) is 4.84 Å². The van der Waals surface area contributed by atoms with E-state index in [1.807, 2.05) is 20.8 Å². The first-order valence-corrected chi connectivity index (χ1v) is 5.15. The molecule has 0 radical (unpaired) electrons. The second-order valence-electron chi connectivity index (χ2n) is 4.63. The van der Waals surface area contributed by atoms with Gasteiger partial charge in [0.2, 0.25) is 0 Å². The number of pyridine rings is 1. The molecule has 0 atom stereocenters. The third-order valence-corrected chi connectivity index (χ3v) is 2.31. The minimum absolute atomic E-state index is 0.166. The van der Waals surface area contributed by atoms with E-state index in [2.05, 4.69) is 4.98 Å². The van der Waals surface area contributed by atoms with Gasteiger partial charge in [0.15, 0.2) is 0 Å². The maximum absolute atomic E-state index is 12.0. The second kappa shape index (κ2) is 4.61. The van der Waals surface area contributed by atoms with Gasteiger partial charge in [0, 0.05) is 18.7 Å². The highest BCUT2D eigenvalue weighted by atomic mass is 16.7. The van der Waals surface area contributed by atoms with E-state index in [1.54, 1.807) is 25.4 Å². The van der Waals surface area contributed by atoms with Gasteiger partial charge in [-0.2, -0.15) is 0 Å². The molecule has 1 aromatic heterocycles. The number of nitrogens with zero attached hydrogens (tertiary/aromatic N) is 2. The minimum atomic E-state index is -0.180. The van der Waals surface area contributed by atoms with Gasteiger partial charge in [-0.05, 0) is 12.1 Å². The molecule has 4 nitrogen and oxygen atoms in total. The van der Waals surface area contributed by atoms with Crippen molar-refractivity contribution in [3.63, 3.8) is 0 Å². The highest BCUT2D eigenvalue weighted by Gasteiger charge is 2.24. The Morgan fingerprint density at radius 3 is 2.56 bits per heavy atom. The zero-order chi connectivity index (χ0) is 12.3. The van der Waals surface area contributed by atoms with E-state index in [9.17, 15) is 4.79 Å². The summed E-state index contributed by atoms with van der Waals surface area (Å²) in [6, 6.07) is 3.53. The van der Waals surface area contributed by atoms with Crippen LogP contribution in [0, 0.1) is 0 Å². The second-order valence-corrected chi connectivity index (χ2v) is 4.63. The molecule has 0 aromatic carbocycles. The molecular formula is C12H18N2O2. The van der Waals surface area contributed by atoms with E-state index in [-0.39, 0.29) is 11.3 Å². The van der Waals surface area contributed by atoms with Crippen molar-refractivity contribution in [2.24, 2.45) is 0 Å². The zero-order valence-corrected chi connectivity index (χ0v) is 10.4. The van der Waals surface area contributed by atoms with Crippen LogP contribution in [0.2, 0.25) is 0 Å². The Morgan fingerprint density at radius 1 is 1.44 bits per heavy atom. The normalized spacial score (nSPS) is 11.3. The molecule has 1 aromatic rings. The van der Waals surface area contributed by atoms with Gasteiger partial charge in [-0.25, -0.2) is 5.06 Å². The van der Waals surface area contributed by atoms with Crippen LogP contribution in [0.25, 0.3) is 0 Å². The average Bonchev–Trinajstić information content (AvgIpc) is 2.26. The molecule has 4 heteroatoms. The molecule has 0 saturated heterocycles. The molecule has 0 bridgehead atoms. The third-order valence-electron chi connectivity index (χ3n) is 2.31. The van der Waals surface area contributed by atoms with Gasteiger partial charge in [0.1, 0.15) is 0 Å². The van der Waals surface area contributed by atoms with E-state index in [1.165, 1.54) is 12.2 Å². The first-order chi connectivity index (χ1) is 7.38. The number of hydrogen-bond donors (Lipinski definition) is 0. The summed E-state index contributed by atoms with van der Waals surface area (Å²) < 4.78 is 0. The Bertz CT molecular complexity index is 383. The van der Waals surface area contributed by atoms with Crippen molar-refractivity contribution in [1.29, 1.82) is 0 Å². The fourth-order valence-electron chi connectivity index (χ4n) is 1.43. The van der Waals surface area contributed by atoms with Gasteiger partial charge in [0.25, 0.3) is 5.91 Å². The Balaban J connectivity index is 3.19. The van der Waals surface area contributed by atoms with Crippen molar-refractivity contribution in [3.8, 4) is 0 Å². The van der Waals surface area contributed by atoms with Crippen LogP contribution in [0.5, 0.6) is 0 Å². The van der Waals surface area contributed by atoms with Gasteiger partial charge >= 0.3 is 0 Å². The van der Waals surface area contributed by atoms with Crippen LogP contribution in [0.15, 0.2) is 18.3 Å². The summed E-state index contributed by atoms with van der Waals surface area (Å²) in [5.74, 6) is -0.180. The van der Waals surface area contributed by atoms with Crippen molar-refractivity contribution in [3.05, 3.63) is 29.6 Å². The Labute approximate surface area is 96.2 Å². The summed E-state index contributed by atoms with van der Waals surface area (Å²) in [5, 5.41) is 1.20. The Morgan fingerprint density at radius 2 is 2.06 bits per heavy atom. The van der Waals surface area contributed by atoms with Gasteiger partial charge in [-0.15, -0.1) is 0 Å². The van der Waals surface area contributed by atoms with Crippen molar-refractivity contribution < 1.29 is 9.63 Å². The maximum Gasteiger partial charge on any atom is 0.279 e. The van der Waals surface area contributed by atoms with Crippen LogP contribution >= 0.6 is 0 Å². The third kappa shape index (κ3) is 2.58. The summed E-state index contributed by atoms with van der Waals surface area (Å²) in [4.78, 5) is 21.2. The predicted molar refractivity (Wildman–Crippen MR) is 62.0 cm³/mol. The Hall–Kier alpha value is -1.42. The fourth-order valence-corrected chi connectivity index (χ4v) is 1.43. The lowest BCUT2D eigenvalue weighted by atomic mass is 9.88. The van der Waals surface area contributed by atoms with Crippen molar-refractivity contribution in [1.82, 2.24) is 10.0 Å². The molecule has 1 heterocycles. The molecule has 1 rings (SSSR count). The molecule has 1 amide bonds. The quantitative estimate of drug-likeness (QED) is 0.719. The molecule has 0 saturated carbocycles. The number of aromatic nitrogens is 1. The average molecular weight is 222 g/mol. The van der Waals surface area contributed by atoms with Crippen LogP contribution in [0.4, 0.5) is 0 Å². The molecular weight excluding hydrogens is 204 g/mol.